The van der Waals surface area contributed by atoms with Gasteiger partial charge in [-0.25, -0.2) is 5.48 Å². The lowest BCUT2D eigenvalue weighted by Crippen LogP contribution is -2.36. The van der Waals surface area contributed by atoms with E-state index in [4.69, 9.17) is 9.94 Å². The van der Waals surface area contributed by atoms with Gasteiger partial charge in [-0.15, -0.1) is 0 Å². The lowest BCUT2D eigenvalue weighted by molar-refractivity contribution is -0.139. The van der Waals surface area contributed by atoms with Crippen molar-refractivity contribution in [2.24, 2.45) is 0 Å². The molecule has 1 amide bonds. The van der Waals surface area contributed by atoms with Gasteiger partial charge in [-0.05, 0) is 11.6 Å². The summed E-state index contributed by atoms with van der Waals surface area (Å²) in [6.45, 7) is -0.240. The average molecular weight is 273 g/mol. The summed E-state index contributed by atoms with van der Waals surface area (Å²) in [6.07, 6.45) is -1.43. The smallest absolute Gasteiger partial charge is 0.275 e. The Balaban J connectivity index is 2.15. The minimum atomic E-state index is -1.43. The summed E-state index contributed by atoms with van der Waals surface area (Å²) in [4.78, 5) is 11.0. The predicted molar refractivity (Wildman–Crippen MR) is 73.3 cm³/mol. The summed E-state index contributed by atoms with van der Waals surface area (Å²) in [7, 11) is 0. The van der Waals surface area contributed by atoms with Crippen molar-refractivity contribution in [3.8, 4) is 16.9 Å². The maximum Gasteiger partial charge on any atom is 0.275 e. The molecule has 2 aromatic rings. The third kappa shape index (κ3) is 3.34. The van der Waals surface area contributed by atoms with Crippen LogP contribution in [0.25, 0.3) is 11.1 Å². The summed E-state index contributed by atoms with van der Waals surface area (Å²) in [5.74, 6) is -0.342. The fourth-order valence-electron chi connectivity index (χ4n) is 1.77. The SMILES string of the molecule is O=C(NO)C(O)COc1ccccc1-c1ccccc1. The second kappa shape index (κ2) is 6.70. The number of para-hydroxylation sites is 1. The Kier molecular flexibility index (Phi) is 4.70. The van der Waals surface area contributed by atoms with E-state index in [1.807, 2.05) is 42.5 Å². The maximum atomic E-state index is 11.0. The highest BCUT2D eigenvalue weighted by Gasteiger charge is 2.15. The van der Waals surface area contributed by atoms with E-state index in [1.54, 1.807) is 12.1 Å². The molecule has 3 N–H and O–H groups in total. The van der Waals surface area contributed by atoms with Gasteiger partial charge in [0, 0.05) is 5.56 Å². The highest BCUT2D eigenvalue weighted by Crippen LogP contribution is 2.29. The molecule has 0 bridgehead atoms. The van der Waals surface area contributed by atoms with Gasteiger partial charge in [0.15, 0.2) is 6.10 Å². The molecule has 5 heteroatoms. The monoisotopic (exact) mass is 273 g/mol. The van der Waals surface area contributed by atoms with Crippen molar-refractivity contribution < 1.29 is 19.8 Å². The van der Waals surface area contributed by atoms with Crippen LogP contribution in [0, 0.1) is 0 Å². The Hall–Kier alpha value is -2.37. The van der Waals surface area contributed by atoms with E-state index in [2.05, 4.69) is 0 Å². The molecule has 1 atom stereocenters. The van der Waals surface area contributed by atoms with Crippen LogP contribution in [0.5, 0.6) is 5.75 Å². The van der Waals surface area contributed by atoms with E-state index in [0.29, 0.717) is 5.75 Å². The van der Waals surface area contributed by atoms with Crippen LogP contribution in [0.3, 0.4) is 0 Å². The number of ether oxygens (including phenoxy) is 1. The first-order valence-electron chi connectivity index (χ1n) is 6.11. The fourth-order valence-corrected chi connectivity index (χ4v) is 1.77. The number of nitrogens with one attached hydrogen (secondary N) is 1. The molecule has 0 saturated carbocycles. The molecule has 0 heterocycles. The minimum absolute atomic E-state index is 0.240. The molecule has 0 aliphatic rings. The number of aliphatic hydroxyl groups is 1. The summed E-state index contributed by atoms with van der Waals surface area (Å²) in [5.41, 5.74) is 3.22. The van der Waals surface area contributed by atoms with Crippen molar-refractivity contribution >= 4 is 5.91 Å². The first-order valence-corrected chi connectivity index (χ1v) is 6.11. The molecule has 2 rings (SSSR count). The molecule has 0 aliphatic heterocycles. The number of carbonyl (C=O) groups excluding carboxylic acids is 1. The lowest BCUT2D eigenvalue weighted by Gasteiger charge is -2.14. The molecule has 0 saturated heterocycles. The summed E-state index contributed by atoms with van der Waals surface area (Å²) in [5, 5.41) is 17.9. The minimum Gasteiger partial charge on any atom is -0.490 e. The van der Waals surface area contributed by atoms with Crippen LogP contribution < -0.4 is 10.2 Å². The lowest BCUT2D eigenvalue weighted by atomic mass is 10.1. The van der Waals surface area contributed by atoms with Crippen LogP contribution in [0.1, 0.15) is 0 Å². The van der Waals surface area contributed by atoms with Gasteiger partial charge in [-0.2, -0.15) is 0 Å². The van der Waals surface area contributed by atoms with Gasteiger partial charge >= 0.3 is 0 Å². The molecule has 0 fully saturated rings. The van der Waals surface area contributed by atoms with E-state index in [0.717, 1.165) is 11.1 Å². The van der Waals surface area contributed by atoms with Gasteiger partial charge in [0.05, 0.1) is 0 Å². The molecule has 0 spiro atoms. The third-order valence-electron chi connectivity index (χ3n) is 2.78. The number of hydrogen-bond acceptors (Lipinski definition) is 4. The van der Waals surface area contributed by atoms with E-state index in [1.165, 1.54) is 5.48 Å². The normalized spacial score (nSPS) is 11.7. The van der Waals surface area contributed by atoms with Crippen LogP contribution in [-0.4, -0.2) is 28.9 Å². The molecule has 0 aromatic heterocycles. The Labute approximate surface area is 116 Å². The second-order valence-corrected chi connectivity index (χ2v) is 4.17. The van der Waals surface area contributed by atoms with Crippen molar-refractivity contribution in [3.63, 3.8) is 0 Å². The number of benzene rings is 2. The molecule has 1 unspecified atom stereocenters. The zero-order chi connectivity index (χ0) is 14.4. The van der Waals surface area contributed by atoms with Crippen molar-refractivity contribution in [2.75, 3.05) is 6.61 Å². The Morgan fingerprint density at radius 1 is 1.10 bits per heavy atom. The number of hydrogen-bond donors (Lipinski definition) is 3. The molecule has 2 aromatic carbocycles. The van der Waals surface area contributed by atoms with Crippen molar-refractivity contribution in [2.45, 2.75) is 6.10 Å². The zero-order valence-corrected chi connectivity index (χ0v) is 10.7. The first kappa shape index (κ1) is 14.0. The topological polar surface area (TPSA) is 78.8 Å². The number of amides is 1. The van der Waals surface area contributed by atoms with Crippen LogP contribution >= 0.6 is 0 Å². The number of aliphatic hydroxyl groups excluding tert-OH is 1. The van der Waals surface area contributed by atoms with E-state index >= 15 is 0 Å². The van der Waals surface area contributed by atoms with Crippen LogP contribution in [0.2, 0.25) is 0 Å². The van der Waals surface area contributed by atoms with Crippen molar-refractivity contribution in [1.82, 2.24) is 5.48 Å². The first-order chi connectivity index (χ1) is 9.72. The Morgan fingerprint density at radius 3 is 2.45 bits per heavy atom. The average Bonchev–Trinajstić information content (AvgIpc) is 2.53. The Morgan fingerprint density at radius 2 is 1.75 bits per heavy atom. The number of rotatable bonds is 5. The largest absolute Gasteiger partial charge is 0.490 e. The highest BCUT2D eigenvalue weighted by molar-refractivity contribution is 5.79. The molecule has 5 nitrogen and oxygen atoms in total. The quantitative estimate of drug-likeness (QED) is 0.571. The van der Waals surface area contributed by atoms with Gasteiger partial charge in [0.2, 0.25) is 0 Å². The number of hydroxylamine groups is 1. The van der Waals surface area contributed by atoms with Crippen molar-refractivity contribution in [1.29, 1.82) is 0 Å². The van der Waals surface area contributed by atoms with E-state index in [9.17, 15) is 9.90 Å². The van der Waals surface area contributed by atoms with Gasteiger partial charge in [-0.3, -0.25) is 10.0 Å². The van der Waals surface area contributed by atoms with Gasteiger partial charge in [0.1, 0.15) is 12.4 Å². The van der Waals surface area contributed by atoms with Crippen LogP contribution in [-0.2, 0) is 4.79 Å². The third-order valence-corrected chi connectivity index (χ3v) is 2.78. The second-order valence-electron chi connectivity index (χ2n) is 4.17. The van der Waals surface area contributed by atoms with Crippen molar-refractivity contribution in [3.05, 3.63) is 54.6 Å². The van der Waals surface area contributed by atoms with Gasteiger partial charge in [-0.1, -0.05) is 48.5 Å². The highest BCUT2D eigenvalue weighted by atomic mass is 16.5. The molecule has 0 aliphatic carbocycles. The molecule has 104 valence electrons. The molecular weight excluding hydrogens is 258 g/mol. The summed E-state index contributed by atoms with van der Waals surface area (Å²) < 4.78 is 5.45. The summed E-state index contributed by atoms with van der Waals surface area (Å²) in [6, 6.07) is 17.0. The predicted octanol–water partition coefficient (Wildman–Crippen LogP) is 1.60. The molecule has 20 heavy (non-hydrogen) atoms. The van der Waals surface area contributed by atoms with Gasteiger partial charge in [0.25, 0.3) is 5.91 Å². The maximum absolute atomic E-state index is 11.0. The van der Waals surface area contributed by atoms with Crippen LogP contribution in [0.4, 0.5) is 0 Å². The van der Waals surface area contributed by atoms with E-state index in [-0.39, 0.29) is 6.61 Å². The van der Waals surface area contributed by atoms with Gasteiger partial charge < -0.3 is 9.84 Å². The van der Waals surface area contributed by atoms with E-state index < -0.39 is 12.0 Å². The van der Waals surface area contributed by atoms with Crippen LogP contribution in [0.15, 0.2) is 54.6 Å². The zero-order valence-electron chi connectivity index (χ0n) is 10.7. The fraction of sp³-hybridized carbons (Fsp3) is 0.133. The standard InChI is InChI=1S/C15H15NO4/c17-13(15(18)16-19)10-20-14-9-5-4-8-12(14)11-6-2-1-3-7-11/h1-9,13,17,19H,10H2,(H,16,18). The molecule has 0 radical (unpaired) electrons. The number of carbonyl (C=O) groups is 1. The Bertz CT molecular complexity index is 571. The summed E-state index contributed by atoms with van der Waals surface area (Å²) >= 11 is 0. The molecular formula is C15H15NO4.